The summed E-state index contributed by atoms with van der Waals surface area (Å²) in [7, 11) is 1.92. The van der Waals surface area contributed by atoms with Crippen molar-refractivity contribution in [3.8, 4) is 0 Å². The Labute approximate surface area is 145 Å². The fourth-order valence-corrected chi connectivity index (χ4v) is 2.89. The number of carbonyl (C=O) groups excluding carboxylic acids is 1. The zero-order valence-electron chi connectivity index (χ0n) is 14.4. The van der Waals surface area contributed by atoms with E-state index < -0.39 is 0 Å². The van der Waals surface area contributed by atoms with Crippen LogP contribution in [-0.4, -0.2) is 34.4 Å². The molecule has 0 saturated heterocycles. The molecule has 0 saturated carbocycles. The number of hydrogen-bond acceptors (Lipinski definition) is 3. The van der Waals surface area contributed by atoms with Crippen LogP contribution in [0.3, 0.4) is 0 Å². The van der Waals surface area contributed by atoms with Gasteiger partial charge in [0, 0.05) is 6.54 Å². The smallest absolute Gasteiger partial charge is 0.323 e. The lowest BCUT2D eigenvalue weighted by molar-refractivity contribution is -0.122. The lowest BCUT2D eigenvalue weighted by Crippen LogP contribution is -2.36. The maximum atomic E-state index is 12.3. The maximum Gasteiger partial charge on any atom is 0.323 e. The Hall–Kier alpha value is -2.86. The highest BCUT2D eigenvalue weighted by Crippen LogP contribution is 2.17. The summed E-state index contributed by atoms with van der Waals surface area (Å²) in [5.41, 5.74) is 3.39. The van der Waals surface area contributed by atoms with Gasteiger partial charge in [0.15, 0.2) is 0 Å². The molecule has 6 nitrogen and oxygen atoms in total. The highest BCUT2D eigenvalue weighted by molar-refractivity contribution is 5.79. The number of carbonyl (C=O) groups is 1. The van der Waals surface area contributed by atoms with Gasteiger partial charge in [-0.1, -0.05) is 36.4 Å². The van der Waals surface area contributed by atoms with E-state index in [4.69, 9.17) is 0 Å². The molecule has 3 aromatic rings. The third kappa shape index (κ3) is 4.36. The van der Waals surface area contributed by atoms with Gasteiger partial charge >= 0.3 is 5.69 Å². The van der Waals surface area contributed by atoms with Crippen LogP contribution in [0, 0.1) is 0 Å². The van der Waals surface area contributed by atoms with E-state index >= 15 is 0 Å². The van der Waals surface area contributed by atoms with Gasteiger partial charge in [0.05, 0.1) is 23.6 Å². The summed E-state index contributed by atoms with van der Waals surface area (Å²) in [6.07, 6.45) is 0. The van der Waals surface area contributed by atoms with E-state index in [9.17, 15) is 9.59 Å². The van der Waals surface area contributed by atoms with Gasteiger partial charge < -0.3 is 15.3 Å². The average Bonchev–Trinajstić information content (AvgIpc) is 2.94. The number of imidazole rings is 1. The number of fused-ring (bicyclic) bond motifs is 1. The van der Waals surface area contributed by atoms with E-state index in [1.54, 1.807) is 0 Å². The highest BCUT2D eigenvalue weighted by atomic mass is 16.2. The molecule has 6 heteroatoms. The van der Waals surface area contributed by atoms with E-state index in [1.165, 1.54) is 5.56 Å². The fraction of sp³-hybridized carbons (Fsp3) is 0.263. The van der Waals surface area contributed by atoms with Gasteiger partial charge in [0.1, 0.15) is 0 Å². The van der Waals surface area contributed by atoms with Crippen LogP contribution in [0.25, 0.3) is 11.0 Å². The zero-order chi connectivity index (χ0) is 17.8. The van der Waals surface area contributed by atoms with Gasteiger partial charge in [-0.15, -0.1) is 0 Å². The van der Waals surface area contributed by atoms with E-state index in [1.807, 2.05) is 67.4 Å². The van der Waals surface area contributed by atoms with Gasteiger partial charge in [0.2, 0.25) is 5.91 Å². The Morgan fingerprint density at radius 2 is 1.84 bits per heavy atom. The second kappa shape index (κ2) is 7.36. The largest absolute Gasteiger partial charge is 0.348 e. The predicted octanol–water partition coefficient (Wildman–Crippen LogP) is 2.17. The van der Waals surface area contributed by atoms with Crippen molar-refractivity contribution in [3.63, 3.8) is 0 Å². The van der Waals surface area contributed by atoms with Gasteiger partial charge in [-0.2, -0.15) is 0 Å². The molecule has 0 spiro atoms. The summed E-state index contributed by atoms with van der Waals surface area (Å²) in [5.74, 6) is -0.0337. The second-order valence-corrected chi connectivity index (χ2v) is 6.33. The van der Waals surface area contributed by atoms with Crippen LogP contribution in [-0.2, 0) is 11.3 Å². The molecule has 0 fully saturated rings. The van der Waals surface area contributed by atoms with E-state index in [2.05, 4.69) is 15.3 Å². The van der Waals surface area contributed by atoms with Crippen LogP contribution in [0.15, 0.2) is 53.3 Å². The molecule has 3 N–H and O–H groups in total. The Morgan fingerprint density at radius 3 is 2.60 bits per heavy atom. The van der Waals surface area contributed by atoms with Crippen molar-refractivity contribution in [2.45, 2.75) is 19.5 Å². The number of aromatic nitrogens is 2. The first-order chi connectivity index (χ1) is 12.0. The molecule has 3 rings (SSSR count). The highest BCUT2D eigenvalue weighted by Gasteiger charge is 2.13. The van der Waals surface area contributed by atoms with Crippen molar-refractivity contribution in [2.75, 3.05) is 13.6 Å². The third-order valence-electron chi connectivity index (χ3n) is 4.13. The van der Waals surface area contributed by atoms with Crippen molar-refractivity contribution >= 4 is 16.9 Å². The van der Waals surface area contributed by atoms with Gasteiger partial charge in [0.25, 0.3) is 0 Å². The minimum Gasteiger partial charge on any atom is -0.348 e. The number of aromatic amines is 2. The Balaban J connectivity index is 1.58. The van der Waals surface area contributed by atoms with Crippen LogP contribution in [0.1, 0.15) is 24.1 Å². The van der Waals surface area contributed by atoms with Crippen LogP contribution >= 0.6 is 0 Å². The van der Waals surface area contributed by atoms with E-state index in [0.29, 0.717) is 6.54 Å². The minimum atomic E-state index is -0.230. The molecule has 0 aliphatic rings. The molecule has 0 aliphatic carbocycles. The standard InChI is InChI=1S/C19H22N4O2/c1-13(15-8-9-16-17(10-15)22-19(25)21-16)20-18(24)12-23(2)11-14-6-4-3-5-7-14/h3-10,13H,11-12H2,1-2H3,(H,20,24)(H2,21,22,25)/t13-/m1/s1. The van der Waals surface area contributed by atoms with Crippen molar-refractivity contribution < 1.29 is 4.79 Å². The van der Waals surface area contributed by atoms with E-state index in [-0.39, 0.29) is 17.6 Å². The van der Waals surface area contributed by atoms with Crippen molar-refractivity contribution in [1.29, 1.82) is 0 Å². The number of hydrogen-bond donors (Lipinski definition) is 3. The molecular weight excluding hydrogens is 316 g/mol. The molecule has 0 radical (unpaired) electrons. The molecule has 0 aliphatic heterocycles. The Morgan fingerprint density at radius 1 is 1.12 bits per heavy atom. The zero-order valence-corrected chi connectivity index (χ0v) is 14.4. The number of rotatable bonds is 6. The number of nitrogens with zero attached hydrogens (tertiary/aromatic N) is 1. The molecule has 25 heavy (non-hydrogen) atoms. The van der Waals surface area contributed by atoms with Crippen LogP contribution < -0.4 is 11.0 Å². The summed E-state index contributed by atoms with van der Waals surface area (Å²) in [5, 5.41) is 3.00. The molecule has 1 heterocycles. The summed E-state index contributed by atoms with van der Waals surface area (Å²) >= 11 is 0. The SMILES string of the molecule is C[C@@H](NC(=O)CN(C)Cc1ccccc1)c1ccc2[nH]c(=O)[nH]c2c1. The van der Waals surface area contributed by atoms with Gasteiger partial charge in [-0.3, -0.25) is 9.69 Å². The topological polar surface area (TPSA) is 81.0 Å². The summed E-state index contributed by atoms with van der Waals surface area (Å²) in [6, 6.07) is 15.5. The molecule has 1 amide bonds. The number of nitrogens with one attached hydrogen (secondary N) is 3. The van der Waals surface area contributed by atoms with Crippen LogP contribution in [0.2, 0.25) is 0 Å². The predicted molar refractivity (Wildman–Crippen MR) is 98.3 cm³/mol. The number of benzene rings is 2. The van der Waals surface area contributed by atoms with Crippen molar-refractivity contribution in [2.24, 2.45) is 0 Å². The summed E-state index contributed by atoms with van der Waals surface area (Å²) in [6.45, 7) is 2.97. The van der Waals surface area contributed by atoms with Crippen molar-refractivity contribution in [3.05, 3.63) is 70.1 Å². The first-order valence-corrected chi connectivity index (χ1v) is 8.25. The molecule has 0 unspecified atom stereocenters. The Bertz CT molecular complexity index is 914. The maximum absolute atomic E-state index is 12.3. The number of amides is 1. The van der Waals surface area contributed by atoms with Crippen molar-refractivity contribution in [1.82, 2.24) is 20.2 Å². The normalized spacial score (nSPS) is 12.4. The molecule has 1 atom stereocenters. The van der Waals surface area contributed by atoms with Crippen LogP contribution in [0.5, 0.6) is 0 Å². The molecule has 1 aromatic heterocycles. The number of likely N-dealkylation sites (N-methyl/N-ethyl adjacent to an activating group) is 1. The Kier molecular flexibility index (Phi) is 5.00. The minimum absolute atomic E-state index is 0.0337. The summed E-state index contributed by atoms with van der Waals surface area (Å²) < 4.78 is 0. The first-order valence-electron chi connectivity index (χ1n) is 8.25. The lowest BCUT2D eigenvalue weighted by atomic mass is 10.1. The first kappa shape index (κ1) is 17.0. The molecular formula is C19H22N4O2. The molecule has 2 aromatic carbocycles. The lowest BCUT2D eigenvalue weighted by Gasteiger charge is -2.19. The average molecular weight is 338 g/mol. The van der Waals surface area contributed by atoms with E-state index in [0.717, 1.165) is 23.1 Å². The second-order valence-electron chi connectivity index (χ2n) is 6.33. The molecule has 130 valence electrons. The number of H-pyrrole nitrogens is 2. The monoisotopic (exact) mass is 338 g/mol. The third-order valence-corrected chi connectivity index (χ3v) is 4.13. The quantitative estimate of drug-likeness (QED) is 0.644. The fourth-order valence-electron chi connectivity index (χ4n) is 2.89. The van der Waals surface area contributed by atoms with Gasteiger partial charge in [-0.05, 0) is 37.2 Å². The van der Waals surface area contributed by atoms with Crippen LogP contribution in [0.4, 0.5) is 0 Å². The molecule has 0 bridgehead atoms. The van der Waals surface area contributed by atoms with Gasteiger partial charge in [-0.25, -0.2) is 4.79 Å². The summed E-state index contributed by atoms with van der Waals surface area (Å²) in [4.78, 5) is 31.0.